The molecule has 2 heterocycles. The summed E-state index contributed by atoms with van der Waals surface area (Å²) in [6.45, 7) is 0.636. The molecule has 2 aliphatic rings. The Hall–Kier alpha value is -2.40. The van der Waals surface area contributed by atoms with Crippen molar-refractivity contribution in [3.8, 4) is 11.4 Å². The molecule has 0 radical (unpaired) electrons. The minimum atomic E-state index is -0.372. The number of carbonyl (C=O) groups is 1. The molecular formula is C25H26BrN3O. The van der Waals surface area contributed by atoms with Crippen LogP contribution in [0.2, 0.25) is 0 Å². The maximum Gasteiger partial charge on any atom is 0.223 e. The lowest BCUT2D eigenvalue weighted by atomic mass is 9.80. The normalized spacial score (nSPS) is 20.6. The molecule has 5 heteroatoms. The first-order chi connectivity index (χ1) is 14.7. The number of hydrogen-bond acceptors (Lipinski definition) is 2. The standard InChI is InChI=1S/C25H26BrN3O/c26-20-12-10-19(11-13-20)25(14-15-28-24(30)18-6-2-1-3-7-18)22-9-5-4-8-21(22)23-27-16-17-29(23)25/h4-5,8-13,16-18H,1-3,6-7,14-15H2,(H,28,30). The van der Waals surface area contributed by atoms with Gasteiger partial charge in [0.1, 0.15) is 5.82 Å². The Labute approximate surface area is 185 Å². The van der Waals surface area contributed by atoms with E-state index in [2.05, 4.69) is 85.5 Å². The van der Waals surface area contributed by atoms with E-state index >= 15 is 0 Å². The second-order valence-electron chi connectivity index (χ2n) is 8.41. The molecule has 3 aromatic rings. The lowest BCUT2D eigenvalue weighted by molar-refractivity contribution is -0.125. The topological polar surface area (TPSA) is 46.9 Å². The highest BCUT2D eigenvalue weighted by molar-refractivity contribution is 9.10. The van der Waals surface area contributed by atoms with E-state index < -0.39 is 0 Å². The molecule has 0 spiro atoms. The largest absolute Gasteiger partial charge is 0.356 e. The van der Waals surface area contributed by atoms with Gasteiger partial charge in [0.15, 0.2) is 0 Å². The maximum atomic E-state index is 12.8. The Morgan fingerprint density at radius 1 is 1.10 bits per heavy atom. The van der Waals surface area contributed by atoms with E-state index in [9.17, 15) is 4.79 Å². The summed E-state index contributed by atoms with van der Waals surface area (Å²) in [6, 6.07) is 17.1. The number of benzene rings is 2. The summed E-state index contributed by atoms with van der Waals surface area (Å²) in [7, 11) is 0. The predicted octanol–water partition coefficient (Wildman–Crippen LogP) is 5.50. The van der Waals surface area contributed by atoms with Crippen LogP contribution in [-0.2, 0) is 10.3 Å². The van der Waals surface area contributed by atoms with Gasteiger partial charge in [0.05, 0.1) is 5.54 Å². The minimum Gasteiger partial charge on any atom is -0.356 e. The van der Waals surface area contributed by atoms with Gasteiger partial charge in [-0.15, -0.1) is 0 Å². The number of amides is 1. The zero-order valence-electron chi connectivity index (χ0n) is 17.0. The van der Waals surface area contributed by atoms with Crippen molar-refractivity contribution in [1.29, 1.82) is 0 Å². The molecule has 2 aromatic carbocycles. The summed E-state index contributed by atoms with van der Waals surface area (Å²) in [5.41, 5.74) is 3.26. The number of nitrogens with one attached hydrogen (secondary N) is 1. The van der Waals surface area contributed by atoms with Crippen LogP contribution in [-0.4, -0.2) is 22.0 Å². The Morgan fingerprint density at radius 2 is 1.87 bits per heavy atom. The quantitative estimate of drug-likeness (QED) is 0.542. The first kappa shape index (κ1) is 19.6. The van der Waals surface area contributed by atoms with E-state index in [4.69, 9.17) is 0 Å². The molecule has 1 unspecified atom stereocenters. The van der Waals surface area contributed by atoms with Crippen LogP contribution in [0, 0.1) is 5.92 Å². The zero-order chi connectivity index (χ0) is 20.6. The van der Waals surface area contributed by atoms with Gasteiger partial charge in [0, 0.05) is 34.9 Å². The second kappa shape index (κ2) is 8.03. The number of halogens is 1. The third kappa shape index (κ3) is 3.20. The number of fused-ring (bicyclic) bond motifs is 3. The molecule has 1 aliphatic heterocycles. The molecule has 5 rings (SSSR count). The van der Waals surface area contributed by atoms with E-state index in [-0.39, 0.29) is 17.4 Å². The molecule has 30 heavy (non-hydrogen) atoms. The molecule has 1 aliphatic carbocycles. The van der Waals surface area contributed by atoms with Crippen LogP contribution < -0.4 is 5.32 Å². The van der Waals surface area contributed by atoms with Crippen LogP contribution in [0.15, 0.2) is 65.4 Å². The number of hydrogen-bond donors (Lipinski definition) is 1. The molecule has 1 amide bonds. The average molecular weight is 464 g/mol. The third-order valence-electron chi connectivity index (χ3n) is 6.75. The highest BCUT2D eigenvalue weighted by atomic mass is 79.9. The summed E-state index contributed by atoms with van der Waals surface area (Å²) in [5, 5.41) is 3.26. The van der Waals surface area contributed by atoms with Gasteiger partial charge in [-0.25, -0.2) is 4.98 Å². The third-order valence-corrected chi connectivity index (χ3v) is 7.28. The predicted molar refractivity (Wildman–Crippen MR) is 122 cm³/mol. The van der Waals surface area contributed by atoms with Crippen LogP contribution in [0.1, 0.15) is 49.7 Å². The number of carbonyl (C=O) groups excluding carboxylic acids is 1. The van der Waals surface area contributed by atoms with Crippen molar-refractivity contribution in [2.75, 3.05) is 6.54 Å². The molecule has 1 atom stereocenters. The van der Waals surface area contributed by atoms with Crippen LogP contribution in [0.5, 0.6) is 0 Å². The number of aromatic nitrogens is 2. The van der Waals surface area contributed by atoms with Gasteiger partial charge >= 0.3 is 0 Å². The van der Waals surface area contributed by atoms with Crippen molar-refractivity contribution in [1.82, 2.24) is 14.9 Å². The first-order valence-corrected chi connectivity index (χ1v) is 11.7. The summed E-state index contributed by atoms with van der Waals surface area (Å²) in [4.78, 5) is 17.4. The molecule has 1 fully saturated rings. The van der Waals surface area contributed by atoms with Crippen LogP contribution in [0.25, 0.3) is 11.4 Å². The Balaban J connectivity index is 1.49. The van der Waals surface area contributed by atoms with E-state index in [0.29, 0.717) is 6.54 Å². The van der Waals surface area contributed by atoms with E-state index in [1.807, 2.05) is 6.20 Å². The van der Waals surface area contributed by atoms with Crippen LogP contribution >= 0.6 is 15.9 Å². The maximum absolute atomic E-state index is 12.8. The fourth-order valence-corrected chi connectivity index (χ4v) is 5.54. The molecular weight excluding hydrogens is 438 g/mol. The Morgan fingerprint density at radius 3 is 2.67 bits per heavy atom. The minimum absolute atomic E-state index is 0.182. The number of rotatable bonds is 5. The molecule has 4 nitrogen and oxygen atoms in total. The van der Waals surface area contributed by atoms with E-state index in [0.717, 1.165) is 29.6 Å². The molecule has 1 N–H and O–H groups in total. The highest BCUT2D eigenvalue weighted by Gasteiger charge is 2.44. The van der Waals surface area contributed by atoms with Crippen molar-refractivity contribution >= 4 is 21.8 Å². The van der Waals surface area contributed by atoms with Gasteiger partial charge in [-0.1, -0.05) is 71.6 Å². The first-order valence-electron chi connectivity index (χ1n) is 10.9. The average Bonchev–Trinajstić information content (AvgIpc) is 3.37. The SMILES string of the molecule is O=C(NCCC1(c2ccc(Br)cc2)c2ccccc2-c2nccn21)C1CCCCC1. The molecule has 0 saturated heterocycles. The number of nitrogens with zero attached hydrogens (tertiary/aromatic N) is 2. The van der Waals surface area contributed by atoms with Crippen LogP contribution in [0.3, 0.4) is 0 Å². The lowest BCUT2D eigenvalue weighted by Crippen LogP contribution is -2.39. The Bertz CT molecular complexity index is 1050. The Kier molecular flexibility index (Phi) is 5.23. The fourth-order valence-electron chi connectivity index (χ4n) is 5.27. The van der Waals surface area contributed by atoms with E-state index in [1.54, 1.807) is 0 Å². The lowest BCUT2D eigenvalue weighted by Gasteiger charge is -2.34. The smallest absolute Gasteiger partial charge is 0.223 e. The van der Waals surface area contributed by atoms with Crippen molar-refractivity contribution in [2.24, 2.45) is 5.92 Å². The van der Waals surface area contributed by atoms with Gasteiger partial charge in [0.2, 0.25) is 5.91 Å². The molecule has 0 bridgehead atoms. The van der Waals surface area contributed by atoms with Crippen molar-refractivity contribution in [3.05, 3.63) is 76.5 Å². The summed E-state index contributed by atoms with van der Waals surface area (Å²) < 4.78 is 3.34. The summed E-state index contributed by atoms with van der Waals surface area (Å²) >= 11 is 3.57. The van der Waals surface area contributed by atoms with Gasteiger partial charge in [0.25, 0.3) is 0 Å². The molecule has 1 aromatic heterocycles. The van der Waals surface area contributed by atoms with Crippen molar-refractivity contribution in [2.45, 2.75) is 44.1 Å². The van der Waals surface area contributed by atoms with Gasteiger partial charge < -0.3 is 9.88 Å². The van der Waals surface area contributed by atoms with Crippen molar-refractivity contribution in [3.63, 3.8) is 0 Å². The highest BCUT2D eigenvalue weighted by Crippen LogP contribution is 2.48. The number of imidazole rings is 1. The summed E-state index contributed by atoms with van der Waals surface area (Å²) in [5.74, 6) is 1.40. The van der Waals surface area contributed by atoms with Crippen molar-refractivity contribution < 1.29 is 4.79 Å². The van der Waals surface area contributed by atoms with E-state index in [1.165, 1.54) is 36.0 Å². The van der Waals surface area contributed by atoms with Gasteiger partial charge in [-0.3, -0.25) is 4.79 Å². The summed E-state index contributed by atoms with van der Waals surface area (Å²) in [6.07, 6.45) is 10.4. The second-order valence-corrected chi connectivity index (χ2v) is 9.33. The van der Waals surface area contributed by atoms with Gasteiger partial charge in [-0.2, -0.15) is 0 Å². The zero-order valence-corrected chi connectivity index (χ0v) is 18.6. The molecule has 1 saturated carbocycles. The van der Waals surface area contributed by atoms with Gasteiger partial charge in [-0.05, 0) is 42.5 Å². The molecule has 154 valence electrons. The fraction of sp³-hybridized carbons (Fsp3) is 0.360. The monoisotopic (exact) mass is 463 g/mol. The van der Waals surface area contributed by atoms with Crippen LogP contribution in [0.4, 0.5) is 0 Å².